The highest BCUT2D eigenvalue weighted by atomic mass is 16.5. The van der Waals surface area contributed by atoms with Crippen molar-refractivity contribution in [3.63, 3.8) is 0 Å². The topological polar surface area (TPSA) is 69.3 Å². The molecule has 0 saturated heterocycles. The van der Waals surface area contributed by atoms with Crippen LogP contribution in [-0.2, 0) is 7.05 Å². The minimum Gasteiger partial charge on any atom is -0.458 e. The van der Waals surface area contributed by atoms with Gasteiger partial charge in [0.2, 0.25) is 11.6 Å². The van der Waals surface area contributed by atoms with Crippen molar-refractivity contribution in [1.29, 1.82) is 0 Å². The van der Waals surface area contributed by atoms with E-state index in [0.29, 0.717) is 0 Å². The Hall–Kier alpha value is -11.8. The van der Waals surface area contributed by atoms with E-state index < -0.39 is 0 Å². The van der Waals surface area contributed by atoms with Gasteiger partial charge in [-0.3, -0.25) is 10.2 Å². The van der Waals surface area contributed by atoms with E-state index >= 15 is 0 Å². The Morgan fingerprint density at radius 3 is 1.20 bits per heavy atom. The van der Waals surface area contributed by atoms with Crippen molar-refractivity contribution in [1.82, 2.24) is 13.2 Å². The third-order valence-corrected chi connectivity index (χ3v) is 22.4. The van der Waals surface area contributed by atoms with Gasteiger partial charge in [-0.25, -0.2) is 4.57 Å². The molecule has 1 N–H and O–H groups in total. The van der Waals surface area contributed by atoms with E-state index in [1.807, 2.05) is 0 Å². The van der Waals surface area contributed by atoms with E-state index in [2.05, 4.69) is 254 Å². The Morgan fingerprint density at radius 2 is 0.696 bits per heavy atom. The summed E-state index contributed by atoms with van der Waals surface area (Å²) in [5, 5.41) is 18.3. The van der Waals surface area contributed by atoms with Crippen LogP contribution in [0.3, 0.4) is 0 Å². The minimum atomic E-state index is -0.311. The van der Waals surface area contributed by atoms with Crippen molar-refractivity contribution in [3.05, 3.63) is 212 Å². The molecule has 420 valence electrons. The molecule has 0 fully saturated rings. The summed E-state index contributed by atoms with van der Waals surface area (Å²) in [6.45, 7) is -0.749. The molecule has 0 saturated carbocycles. The quantitative estimate of drug-likeness (QED) is 0.121. The molecule has 6 aliphatic rings. The maximum atomic E-state index is 7.91. The Bertz CT molecular complexity index is 6820. The largest absolute Gasteiger partial charge is 0.458 e. The molecule has 0 aliphatic carbocycles. The number of fused-ring (bicyclic) bond motifs is 36. The predicted octanol–water partition coefficient (Wildman–Crippen LogP) is 12.1. The van der Waals surface area contributed by atoms with Crippen LogP contribution in [0.15, 0.2) is 212 Å². The normalized spacial score (nSPS) is 14.5. The van der Waals surface area contributed by atoms with Gasteiger partial charge in [-0.1, -0.05) is 158 Å². The zero-order valence-corrected chi connectivity index (χ0v) is 49.3. The summed E-state index contributed by atoms with van der Waals surface area (Å²) < 4.78 is 40.3. The van der Waals surface area contributed by atoms with Crippen LogP contribution in [0.4, 0.5) is 23.0 Å². The molecule has 0 spiro atoms. The highest BCUT2D eigenvalue weighted by Crippen LogP contribution is 2.55. The van der Waals surface area contributed by atoms with Crippen molar-refractivity contribution in [2.45, 2.75) is 0 Å². The molecule has 10 nitrogen and oxygen atoms in total. The molecule has 0 bridgehead atoms. The van der Waals surface area contributed by atoms with Gasteiger partial charge in [0.15, 0.2) is 0 Å². The monoisotopic (exact) mass is 1170 g/mol. The number of anilines is 4. The van der Waals surface area contributed by atoms with Crippen LogP contribution < -0.4 is 82.9 Å². The first-order valence-electron chi connectivity index (χ1n) is 31.9. The number of hydrogen-bond acceptors (Lipinski definition) is 6. The van der Waals surface area contributed by atoms with Gasteiger partial charge in [0.1, 0.15) is 57.4 Å². The number of benzene rings is 12. The minimum absolute atomic E-state index is 0.195. The molecular weight excluding hydrogens is 1130 g/mol. The van der Waals surface area contributed by atoms with Crippen molar-refractivity contribution < 1.29 is 23.5 Å². The lowest BCUT2D eigenvalue weighted by Gasteiger charge is -2.40. The number of para-hydroxylation sites is 8. The van der Waals surface area contributed by atoms with E-state index in [1.165, 1.54) is 59.9 Å². The molecule has 0 atom stereocenters. The molecule has 13 heterocycles. The van der Waals surface area contributed by atoms with Crippen LogP contribution in [0.5, 0.6) is 46.0 Å². The average Bonchev–Trinajstić information content (AvgIpc) is 1.40. The smallest absolute Gasteiger partial charge is 0.264 e. The summed E-state index contributed by atoms with van der Waals surface area (Å²) in [6, 6.07) is 77.9. The lowest BCUT2D eigenvalue weighted by molar-refractivity contribution is -0.642. The van der Waals surface area contributed by atoms with E-state index in [9.17, 15) is 0 Å². The van der Waals surface area contributed by atoms with Crippen LogP contribution in [0, 0.1) is 0 Å². The molecule has 13 heteroatoms. The van der Waals surface area contributed by atoms with Crippen LogP contribution in [0.2, 0.25) is 0 Å². The molecule has 12 aromatic carbocycles. The number of ether oxygens (including phenoxy) is 4. The van der Waals surface area contributed by atoms with Gasteiger partial charge in [0.05, 0.1) is 85.3 Å². The first-order valence-corrected chi connectivity index (χ1v) is 31.9. The first kappa shape index (κ1) is 46.3. The first-order chi connectivity index (χ1) is 45.6. The predicted molar refractivity (Wildman–Crippen MR) is 376 cm³/mol. The van der Waals surface area contributed by atoms with Gasteiger partial charge < -0.3 is 32.1 Å². The number of rotatable bonds is 0. The second kappa shape index (κ2) is 15.2. The molecule has 0 unspecified atom stereocenters. The fourth-order valence-corrected chi connectivity index (χ4v) is 19.2. The summed E-state index contributed by atoms with van der Waals surface area (Å²) in [5.74, 6) is 8.92. The zero-order valence-electron chi connectivity index (χ0n) is 49.3. The third-order valence-electron chi connectivity index (χ3n) is 22.4. The standard InChI is InChI=1S/C79H41B3N6O4/c1-84-73-61-39-20-4-12-28-51(39)87-53-30-14-6-22-41(53)63(71(61)87)75-67(73)82(47-35-46-58(37-59(47)91-75)92-77-65-43-24-8-16-32-55(43)88-54-31-15-7-23-42(54)64(72(65)88)76-68(77)80(46)44-25-9-17-33-56(44)90-76)49-36-48-78(85(2)79(49)84)83-69-60-38-19-3-11-27-50(38)86-52-29-13-5-21-40(52)62(70(60)86)74-66(69)81(48)45-26-10-18-34-57(45)89-74/h3-37H,1-2H3/p+1. The van der Waals surface area contributed by atoms with Gasteiger partial charge in [-0.15, -0.1) is 0 Å². The summed E-state index contributed by atoms with van der Waals surface area (Å²) in [5.41, 5.74) is 22.8. The Labute approximate surface area is 523 Å². The van der Waals surface area contributed by atoms with E-state index in [0.717, 1.165) is 173 Å². The highest BCUT2D eigenvalue weighted by Gasteiger charge is 2.53. The second-order valence-corrected chi connectivity index (χ2v) is 26.4. The molecule has 25 rings (SSSR count). The molecule has 7 aromatic heterocycles. The Kier molecular flexibility index (Phi) is 7.68. The third kappa shape index (κ3) is 4.90. The number of nitrogens with zero attached hydrogens (tertiary/aromatic N) is 5. The number of hydrogen-bond donors (Lipinski definition) is 1. The zero-order chi connectivity index (χ0) is 59.2. The number of nitrogens with one attached hydrogen (secondary N) is 1. The van der Waals surface area contributed by atoms with Crippen LogP contribution in [0.25, 0.3) is 114 Å². The van der Waals surface area contributed by atoms with Crippen LogP contribution >= 0.6 is 0 Å². The SMILES string of the molecule is CN1c2c3c(c4c5ccccc5n5c6ccccc6c2c45)Oc2cc4c(cc2B3c2cc3c([n+](C)c21)Nc1c2c(c5c6ccccc6n6c7ccccc7c1c56)Oc1ccccc1B32)B1c2ccccc2Oc2c1c(c1c3ccccc3n3c5ccccc5c2c13)O4. The molecule has 19 aromatic rings. The number of aromatic nitrogens is 4. The van der Waals surface area contributed by atoms with Gasteiger partial charge in [-0.2, -0.15) is 0 Å². The lowest BCUT2D eigenvalue weighted by Crippen LogP contribution is -2.68. The average molecular weight is 1170 g/mol. The van der Waals surface area contributed by atoms with E-state index in [-0.39, 0.29) is 20.1 Å². The molecular formula is C79H42B3N6O4+. The van der Waals surface area contributed by atoms with E-state index in [4.69, 9.17) is 18.9 Å². The summed E-state index contributed by atoms with van der Waals surface area (Å²) >= 11 is 0. The van der Waals surface area contributed by atoms with E-state index in [1.54, 1.807) is 0 Å². The van der Waals surface area contributed by atoms with Gasteiger partial charge >= 0.3 is 0 Å². The molecule has 0 radical (unpaired) electrons. The summed E-state index contributed by atoms with van der Waals surface area (Å²) in [7, 11) is 4.58. The van der Waals surface area contributed by atoms with Gasteiger partial charge in [0, 0.05) is 76.5 Å². The fraction of sp³-hybridized carbons (Fsp3) is 0.0253. The fourth-order valence-electron chi connectivity index (χ4n) is 19.2. The molecule has 6 aliphatic heterocycles. The molecule has 0 amide bonds. The number of pyridine rings is 1. The lowest BCUT2D eigenvalue weighted by atomic mass is 9.30. The van der Waals surface area contributed by atoms with Crippen molar-refractivity contribution in [2.24, 2.45) is 7.05 Å². The van der Waals surface area contributed by atoms with Crippen molar-refractivity contribution in [2.75, 3.05) is 17.3 Å². The van der Waals surface area contributed by atoms with Crippen LogP contribution in [-0.4, -0.2) is 40.4 Å². The second-order valence-electron chi connectivity index (χ2n) is 26.4. The Balaban J connectivity index is 0.818. The van der Waals surface area contributed by atoms with Crippen molar-refractivity contribution in [3.8, 4) is 46.0 Å². The van der Waals surface area contributed by atoms with Gasteiger partial charge in [0.25, 0.3) is 20.1 Å². The maximum absolute atomic E-state index is 7.91. The van der Waals surface area contributed by atoms with Crippen LogP contribution in [0.1, 0.15) is 0 Å². The summed E-state index contributed by atoms with van der Waals surface area (Å²) in [4.78, 5) is 2.50. The maximum Gasteiger partial charge on any atom is 0.264 e. The van der Waals surface area contributed by atoms with Gasteiger partial charge in [-0.05, 0) is 70.4 Å². The Morgan fingerprint density at radius 1 is 0.337 bits per heavy atom. The highest BCUT2D eigenvalue weighted by molar-refractivity contribution is 7.03. The summed E-state index contributed by atoms with van der Waals surface area (Å²) in [6.07, 6.45) is 0. The van der Waals surface area contributed by atoms with Crippen molar-refractivity contribution >= 4 is 207 Å². The molecule has 92 heavy (non-hydrogen) atoms.